The van der Waals surface area contributed by atoms with E-state index in [1.165, 1.54) is 6.20 Å². The molecular weight excluding hydrogens is 417 g/mol. The van der Waals surface area contributed by atoms with Crippen molar-refractivity contribution in [2.75, 3.05) is 0 Å². The van der Waals surface area contributed by atoms with Crippen molar-refractivity contribution in [2.45, 2.75) is 51.2 Å². The Bertz CT molecular complexity index is 514. The second-order valence-corrected chi connectivity index (χ2v) is 12.3. The molecule has 0 aliphatic heterocycles. The number of pyridine rings is 1. The quantitative estimate of drug-likeness (QED) is 0.358. The lowest BCUT2D eigenvalue weighted by atomic mass is 10.2. The van der Waals surface area contributed by atoms with Crippen LogP contribution in [0.25, 0.3) is 0 Å². The van der Waals surface area contributed by atoms with Crippen LogP contribution in [0.2, 0.25) is 18.1 Å². The Morgan fingerprint density at radius 2 is 1.76 bits per heavy atom. The maximum atomic E-state index is 13.9. The van der Waals surface area contributed by atoms with Crippen LogP contribution in [0.5, 0.6) is 0 Å². The van der Waals surface area contributed by atoms with Crippen molar-refractivity contribution in [3.63, 3.8) is 0 Å². The smallest absolute Gasteiger partial charge is 0.401 e. The molecule has 2 nitrogen and oxygen atoms in total. The van der Waals surface area contributed by atoms with E-state index in [0.717, 1.165) is 6.07 Å². The molecule has 0 N–H and O–H groups in total. The van der Waals surface area contributed by atoms with Gasteiger partial charge in [0, 0.05) is 9.77 Å². The highest BCUT2D eigenvalue weighted by molar-refractivity contribution is 14.1. The Labute approximate surface area is 136 Å². The van der Waals surface area contributed by atoms with Crippen LogP contribution in [0, 0.1) is 9.39 Å². The van der Waals surface area contributed by atoms with E-state index in [0.29, 0.717) is 3.57 Å². The Morgan fingerprint density at radius 3 is 2.14 bits per heavy atom. The zero-order valence-corrected chi connectivity index (χ0v) is 15.6. The minimum Gasteiger partial charge on any atom is -0.401 e. The molecule has 0 radical (unpaired) electrons. The average Bonchev–Trinajstić information content (AvgIpc) is 2.23. The van der Waals surface area contributed by atoms with Gasteiger partial charge < -0.3 is 4.43 Å². The first kappa shape index (κ1) is 18.8. The van der Waals surface area contributed by atoms with Gasteiger partial charge in [0.2, 0.25) is 0 Å². The molecular formula is C13H18F4INOSi. The molecule has 0 saturated heterocycles. The lowest BCUT2D eigenvalue weighted by Crippen LogP contribution is -2.45. The molecule has 1 unspecified atom stereocenters. The van der Waals surface area contributed by atoms with E-state index in [9.17, 15) is 17.6 Å². The van der Waals surface area contributed by atoms with Gasteiger partial charge in [-0.15, -0.1) is 0 Å². The summed E-state index contributed by atoms with van der Waals surface area (Å²) in [5.74, 6) is -0.997. The van der Waals surface area contributed by atoms with Crippen LogP contribution in [-0.4, -0.2) is 19.5 Å². The molecule has 0 fully saturated rings. The first-order chi connectivity index (χ1) is 9.25. The minimum absolute atomic E-state index is 0.420. The summed E-state index contributed by atoms with van der Waals surface area (Å²) in [6, 6.07) is 1.02. The lowest BCUT2D eigenvalue weighted by Gasteiger charge is -2.39. The third-order valence-electron chi connectivity index (χ3n) is 3.60. The van der Waals surface area contributed by atoms with Crippen LogP contribution >= 0.6 is 22.6 Å². The van der Waals surface area contributed by atoms with Crippen LogP contribution in [0.1, 0.15) is 32.6 Å². The standard InChI is InChI=1S/C13H18F4INOSi/c1-12(2,3)21(4,5)20-11(13(15,16)17)10-9(14)6-8(18)7-19-10/h6-7,11H,1-5H3. The van der Waals surface area contributed by atoms with Crippen LogP contribution in [0.3, 0.4) is 0 Å². The molecule has 1 rings (SSSR count). The topological polar surface area (TPSA) is 22.1 Å². The number of alkyl halides is 3. The first-order valence-corrected chi connectivity index (χ1v) is 10.3. The third-order valence-corrected chi connectivity index (χ3v) is 8.63. The van der Waals surface area contributed by atoms with Crippen LogP contribution in [0.4, 0.5) is 17.6 Å². The fraction of sp³-hybridized carbons (Fsp3) is 0.615. The van der Waals surface area contributed by atoms with Crippen LogP contribution in [-0.2, 0) is 4.43 Å². The van der Waals surface area contributed by atoms with Crippen molar-refractivity contribution >= 4 is 30.9 Å². The number of hydrogen-bond donors (Lipinski definition) is 0. The van der Waals surface area contributed by atoms with Crippen molar-refractivity contribution < 1.29 is 22.0 Å². The lowest BCUT2D eigenvalue weighted by molar-refractivity contribution is -0.203. The van der Waals surface area contributed by atoms with Crippen LogP contribution < -0.4 is 0 Å². The van der Waals surface area contributed by atoms with Crippen molar-refractivity contribution in [3.8, 4) is 0 Å². The van der Waals surface area contributed by atoms with Crippen molar-refractivity contribution in [3.05, 3.63) is 27.3 Å². The van der Waals surface area contributed by atoms with Gasteiger partial charge in [0.1, 0.15) is 11.5 Å². The van der Waals surface area contributed by atoms with Crippen LogP contribution in [0.15, 0.2) is 12.3 Å². The molecule has 1 heterocycles. The molecule has 0 aromatic carbocycles. The Balaban J connectivity index is 3.26. The van der Waals surface area contributed by atoms with Gasteiger partial charge in [0.15, 0.2) is 14.4 Å². The van der Waals surface area contributed by atoms with E-state index in [4.69, 9.17) is 4.43 Å². The summed E-state index contributed by atoms with van der Waals surface area (Å²) < 4.78 is 59.6. The van der Waals surface area contributed by atoms with Gasteiger partial charge in [-0.25, -0.2) is 4.39 Å². The van der Waals surface area contributed by atoms with Gasteiger partial charge in [-0.2, -0.15) is 13.2 Å². The highest BCUT2D eigenvalue weighted by Gasteiger charge is 2.50. The second-order valence-electron chi connectivity index (χ2n) is 6.32. The molecule has 1 aromatic rings. The second kappa shape index (κ2) is 6.11. The van der Waals surface area contributed by atoms with Gasteiger partial charge in [0.05, 0.1) is 0 Å². The molecule has 0 aliphatic rings. The zero-order chi connectivity index (χ0) is 16.6. The van der Waals surface area contributed by atoms with E-state index in [-0.39, 0.29) is 0 Å². The number of rotatable bonds is 3. The molecule has 1 aromatic heterocycles. The first-order valence-electron chi connectivity index (χ1n) is 6.31. The maximum absolute atomic E-state index is 13.9. The van der Waals surface area contributed by atoms with E-state index in [1.54, 1.807) is 35.7 Å². The summed E-state index contributed by atoms with van der Waals surface area (Å²) in [5.41, 5.74) is -0.701. The number of halogens is 5. The Hall–Kier alpha value is -0.223. The molecule has 0 saturated carbocycles. The predicted molar refractivity (Wildman–Crippen MR) is 84.0 cm³/mol. The van der Waals surface area contributed by atoms with Gasteiger partial charge in [-0.3, -0.25) is 4.98 Å². The SMILES string of the molecule is CC(C)(C)[Si](C)(C)OC(c1ncc(I)cc1F)C(F)(F)F. The summed E-state index contributed by atoms with van der Waals surface area (Å²) in [7, 11) is -2.73. The monoisotopic (exact) mass is 435 g/mol. The highest BCUT2D eigenvalue weighted by Crippen LogP contribution is 2.44. The van der Waals surface area contributed by atoms with Crippen molar-refractivity contribution in [2.24, 2.45) is 0 Å². The molecule has 1 atom stereocenters. The van der Waals surface area contributed by atoms with E-state index in [2.05, 4.69) is 4.98 Å². The largest absolute Gasteiger partial charge is 0.419 e. The van der Waals surface area contributed by atoms with E-state index < -0.39 is 37.1 Å². The third kappa shape index (κ3) is 4.62. The van der Waals surface area contributed by atoms with Gasteiger partial charge in [-0.1, -0.05) is 20.8 Å². The number of nitrogens with zero attached hydrogens (tertiary/aromatic N) is 1. The summed E-state index contributed by atoms with van der Waals surface area (Å²) in [6.45, 7) is 8.85. The Kier molecular flexibility index (Phi) is 5.48. The fourth-order valence-corrected chi connectivity index (χ4v) is 2.97. The maximum Gasteiger partial charge on any atom is 0.419 e. The molecule has 0 amide bonds. The summed E-state index contributed by atoms with van der Waals surface area (Å²) in [4.78, 5) is 3.61. The summed E-state index contributed by atoms with van der Waals surface area (Å²) in [6.07, 6.45) is -5.85. The van der Waals surface area contributed by atoms with E-state index >= 15 is 0 Å². The summed E-state index contributed by atoms with van der Waals surface area (Å²) >= 11 is 1.79. The van der Waals surface area contributed by atoms with Crippen molar-refractivity contribution in [1.29, 1.82) is 0 Å². The highest BCUT2D eigenvalue weighted by atomic mass is 127. The molecule has 0 aliphatic carbocycles. The molecule has 0 spiro atoms. The van der Waals surface area contributed by atoms with E-state index in [1.807, 2.05) is 20.8 Å². The fourth-order valence-electron chi connectivity index (χ4n) is 1.37. The normalized spacial score (nSPS) is 15.1. The summed E-state index contributed by atoms with van der Waals surface area (Å²) in [5, 5.41) is -0.420. The van der Waals surface area contributed by atoms with Gasteiger partial charge in [0.25, 0.3) is 0 Å². The average molecular weight is 435 g/mol. The Morgan fingerprint density at radius 1 is 1.24 bits per heavy atom. The molecule has 21 heavy (non-hydrogen) atoms. The number of hydrogen-bond acceptors (Lipinski definition) is 2. The van der Waals surface area contributed by atoms with Gasteiger partial charge >= 0.3 is 6.18 Å². The predicted octanol–water partition coefficient (Wildman–Crippen LogP) is 5.45. The minimum atomic E-state index is -4.71. The van der Waals surface area contributed by atoms with Crippen molar-refractivity contribution in [1.82, 2.24) is 4.98 Å². The van der Waals surface area contributed by atoms with Gasteiger partial charge in [-0.05, 0) is 46.8 Å². The number of aromatic nitrogens is 1. The zero-order valence-electron chi connectivity index (χ0n) is 12.5. The molecule has 0 bridgehead atoms. The molecule has 8 heteroatoms. The molecule has 120 valence electrons.